The number of fused-ring (bicyclic) bond motifs is 1. The molecule has 35 heavy (non-hydrogen) atoms. The number of carbonyl (C=O) groups is 2. The zero-order chi connectivity index (χ0) is 24.8. The highest BCUT2D eigenvalue weighted by Crippen LogP contribution is 2.26. The molecule has 0 unspecified atom stereocenters. The molecule has 0 spiro atoms. The van der Waals surface area contributed by atoms with Gasteiger partial charge in [-0.15, -0.1) is 0 Å². The summed E-state index contributed by atoms with van der Waals surface area (Å²) in [6.45, 7) is 5.63. The average molecular weight is 532 g/mol. The van der Waals surface area contributed by atoms with Crippen molar-refractivity contribution in [1.82, 2.24) is 4.98 Å². The fourth-order valence-electron chi connectivity index (χ4n) is 3.86. The van der Waals surface area contributed by atoms with E-state index in [1.165, 1.54) is 0 Å². The number of benzene rings is 3. The number of hydrogen-bond donors (Lipinski definition) is 1. The molecule has 0 radical (unpaired) electrons. The standard InChI is InChI=1S/C28H26BrN3O3/c1-3-32(4-2)22-15-13-21(14-16-22)30-27(33)18-35-28(34)24-17-26(19-9-11-20(29)12-10-19)31-25-8-6-5-7-23(24)25/h5-17H,3-4,18H2,1-2H3,(H,30,33). The van der Waals surface area contributed by atoms with E-state index in [4.69, 9.17) is 9.72 Å². The molecule has 6 nitrogen and oxygen atoms in total. The Labute approximate surface area is 213 Å². The zero-order valence-electron chi connectivity index (χ0n) is 19.6. The number of hydrogen-bond acceptors (Lipinski definition) is 5. The summed E-state index contributed by atoms with van der Waals surface area (Å²) in [4.78, 5) is 32.4. The third kappa shape index (κ3) is 5.87. The normalized spacial score (nSPS) is 10.7. The van der Waals surface area contributed by atoms with Crippen molar-refractivity contribution < 1.29 is 14.3 Å². The maximum Gasteiger partial charge on any atom is 0.339 e. The van der Waals surface area contributed by atoms with Crippen LogP contribution in [0.25, 0.3) is 22.2 Å². The monoisotopic (exact) mass is 531 g/mol. The molecule has 1 N–H and O–H groups in total. The Morgan fingerprint density at radius 2 is 1.63 bits per heavy atom. The molecule has 4 rings (SSSR count). The molecule has 7 heteroatoms. The van der Waals surface area contributed by atoms with Gasteiger partial charge in [-0.25, -0.2) is 9.78 Å². The van der Waals surface area contributed by atoms with E-state index in [0.29, 0.717) is 27.8 Å². The van der Waals surface area contributed by atoms with Crippen LogP contribution in [0.3, 0.4) is 0 Å². The van der Waals surface area contributed by atoms with Crippen molar-refractivity contribution in [2.75, 3.05) is 29.9 Å². The lowest BCUT2D eigenvalue weighted by molar-refractivity contribution is -0.119. The summed E-state index contributed by atoms with van der Waals surface area (Å²) in [6, 6.07) is 24.4. The Morgan fingerprint density at radius 3 is 2.31 bits per heavy atom. The number of nitrogens with one attached hydrogen (secondary N) is 1. The summed E-state index contributed by atoms with van der Waals surface area (Å²) in [5, 5.41) is 3.45. The van der Waals surface area contributed by atoms with Gasteiger partial charge in [0.25, 0.3) is 5.91 Å². The van der Waals surface area contributed by atoms with Gasteiger partial charge in [0.2, 0.25) is 0 Å². The number of esters is 1. The topological polar surface area (TPSA) is 71.5 Å². The number of para-hydroxylation sites is 1. The molecule has 0 saturated carbocycles. The van der Waals surface area contributed by atoms with Crippen LogP contribution in [0.4, 0.5) is 11.4 Å². The minimum atomic E-state index is -0.575. The van der Waals surface area contributed by atoms with Crippen LogP contribution >= 0.6 is 15.9 Å². The van der Waals surface area contributed by atoms with Crippen molar-refractivity contribution in [2.24, 2.45) is 0 Å². The summed E-state index contributed by atoms with van der Waals surface area (Å²) in [7, 11) is 0. The zero-order valence-corrected chi connectivity index (χ0v) is 21.2. The molecule has 0 fully saturated rings. The summed E-state index contributed by atoms with van der Waals surface area (Å²) in [5.74, 6) is -0.977. The Morgan fingerprint density at radius 1 is 0.943 bits per heavy atom. The van der Waals surface area contributed by atoms with E-state index in [9.17, 15) is 9.59 Å². The van der Waals surface area contributed by atoms with Crippen molar-refractivity contribution in [1.29, 1.82) is 0 Å². The van der Waals surface area contributed by atoms with Crippen LogP contribution in [0, 0.1) is 0 Å². The number of anilines is 2. The lowest BCUT2D eigenvalue weighted by atomic mass is 10.0. The van der Waals surface area contributed by atoms with Crippen LogP contribution in [0.1, 0.15) is 24.2 Å². The Balaban J connectivity index is 1.47. The number of ether oxygens (including phenoxy) is 1. The molecular weight excluding hydrogens is 506 g/mol. The maximum absolute atomic E-state index is 13.0. The molecule has 0 saturated heterocycles. The van der Waals surface area contributed by atoms with Crippen LogP contribution in [0.5, 0.6) is 0 Å². The van der Waals surface area contributed by atoms with E-state index in [0.717, 1.165) is 28.8 Å². The molecule has 1 heterocycles. The number of halogens is 1. The molecule has 178 valence electrons. The van der Waals surface area contributed by atoms with Gasteiger partial charge in [-0.1, -0.05) is 46.3 Å². The van der Waals surface area contributed by atoms with E-state index < -0.39 is 11.9 Å². The second kappa shape index (κ2) is 11.1. The molecule has 0 aliphatic rings. The van der Waals surface area contributed by atoms with Gasteiger partial charge in [0, 0.05) is 39.9 Å². The second-order valence-corrected chi connectivity index (χ2v) is 8.84. The van der Waals surface area contributed by atoms with Crippen molar-refractivity contribution >= 4 is 50.1 Å². The summed E-state index contributed by atoms with van der Waals surface area (Å²) in [5.41, 5.74) is 4.31. The Kier molecular flexibility index (Phi) is 7.77. The first-order chi connectivity index (χ1) is 17.0. The maximum atomic E-state index is 13.0. The van der Waals surface area contributed by atoms with Crippen molar-refractivity contribution in [2.45, 2.75) is 13.8 Å². The number of nitrogens with zero attached hydrogens (tertiary/aromatic N) is 2. The summed E-state index contributed by atoms with van der Waals surface area (Å²) < 4.78 is 6.34. The molecule has 0 bridgehead atoms. The first-order valence-corrected chi connectivity index (χ1v) is 12.3. The highest BCUT2D eigenvalue weighted by molar-refractivity contribution is 9.10. The predicted octanol–water partition coefficient (Wildman–Crippen LogP) is 6.31. The van der Waals surface area contributed by atoms with E-state index in [2.05, 4.69) is 40.0 Å². The fraction of sp³-hybridized carbons (Fsp3) is 0.179. The molecule has 0 aliphatic carbocycles. The van der Waals surface area contributed by atoms with Crippen LogP contribution in [-0.2, 0) is 9.53 Å². The number of carbonyl (C=O) groups excluding carboxylic acids is 2. The summed E-state index contributed by atoms with van der Waals surface area (Å²) >= 11 is 3.43. The largest absolute Gasteiger partial charge is 0.452 e. The van der Waals surface area contributed by atoms with Gasteiger partial charge in [-0.05, 0) is 62.4 Å². The first kappa shape index (κ1) is 24.4. The van der Waals surface area contributed by atoms with Crippen molar-refractivity contribution in [3.05, 3.63) is 88.9 Å². The number of rotatable bonds is 8. The van der Waals surface area contributed by atoms with Crippen LogP contribution in [-0.4, -0.2) is 36.6 Å². The van der Waals surface area contributed by atoms with Crippen molar-refractivity contribution in [3.63, 3.8) is 0 Å². The number of amides is 1. The highest BCUT2D eigenvalue weighted by atomic mass is 79.9. The third-order valence-corrected chi connectivity index (χ3v) is 6.22. The van der Waals surface area contributed by atoms with E-state index in [1.807, 2.05) is 72.8 Å². The average Bonchev–Trinajstić information content (AvgIpc) is 2.88. The molecule has 4 aromatic rings. The number of aromatic nitrogens is 1. The van der Waals surface area contributed by atoms with Gasteiger partial charge in [-0.3, -0.25) is 4.79 Å². The molecular formula is C28H26BrN3O3. The van der Waals surface area contributed by atoms with E-state index in [-0.39, 0.29) is 6.61 Å². The van der Waals surface area contributed by atoms with Gasteiger partial charge in [0.1, 0.15) is 0 Å². The predicted molar refractivity (Wildman–Crippen MR) is 144 cm³/mol. The van der Waals surface area contributed by atoms with Crippen molar-refractivity contribution in [3.8, 4) is 11.3 Å². The van der Waals surface area contributed by atoms with E-state index >= 15 is 0 Å². The number of pyridine rings is 1. The SMILES string of the molecule is CCN(CC)c1ccc(NC(=O)COC(=O)c2cc(-c3ccc(Br)cc3)nc3ccccc23)cc1. The quantitative estimate of drug-likeness (QED) is 0.270. The van der Waals surface area contributed by atoms with Crippen LogP contribution in [0.2, 0.25) is 0 Å². The minimum Gasteiger partial charge on any atom is -0.452 e. The molecule has 0 aliphatic heterocycles. The van der Waals surface area contributed by atoms with Gasteiger partial charge < -0.3 is 15.0 Å². The first-order valence-electron chi connectivity index (χ1n) is 11.5. The highest BCUT2D eigenvalue weighted by Gasteiger charge is 2.17. The second-order valence-electron chi connectivity index (χ2n) is 7.92. The van der Waals surface area contributed by atoms with Crippen LogP contribution in [0.15, 0.2) is 83.3 Å². The van der Waals surface area contributed by atoms with Gasteiger partial charge >= 0.3 is 5.97 Å². The molecule has 0 atom stereocenters. The van der Waals surface area contributed by atoms with Gasteiger partial charge in [0.05, 0.1) is 16.8 Å². The molecule has 3 aromatic carbocycles. The van der Waals surface area contributed by atoms with Crippen LogP contribution < -0.4 is 10.2 Å². The minimum absolute atomic E-state index is 0.366. The van der Waals surface area contributed by atoms with Gasteiger partial charge in [0.15, 0.2) is 6.61 Å². The molecule has 1 amide bonds. The smallest absolute Gasteiger partial charge is 0.339 e. The van der Waals surface area contributed by atoms with E-state index in [1.54, 1.807) is 6.07 Å². The third-order valence-electron chi connectivity index (χ3n) is 5.69. The fourth-order valence-corrected chi connectivity index (χ4v) is 4.13. The Bertz CT molecular complexity index is 1330. The lowest BCUT2D eigenvalue weighted by Crippen LogP contribution is -2.22. The summed E-state index contributed by atoms with van der Waals surface area (Å²) in [6.07, 6.45) is 0. The molecule has 1 aromatic heterocycles. The lowest BCUT2D eigenvalue weighted by Gasteiger charge is -2.21. The van der Waals surface area contributed by atoms with Gasteiger partial charge in [-0.2, -0.15) is 0 Å². The Hall–Kier alpha value is -3.71.